The van der Waals surface area contributed by atoms with Crippen molar-refractivity contribution >= 4 is 35.1 Å². The number of rotatable bonds is 23. The van der Waals surface area contributed by atoms with Crippen molar-refractivity contribution in [1.82, 2.24) is 9.80 Å². The van der Waals surface area contributed by atoms with Crippen molar-refractivity contribution in [2.75, 3.05) is 33.9 Å². The van der Waals surface area contributed by atoms with E-state index in [0.29, 0.717) is 12.8 Å². The first-order valence-electron chi connectivity index (χ1n) is 34.5. The molecule has 0 aliphatic carbocycles. The van der Waals surface area contributed by atoms with Crippen LogP contribution in [-0.4, -0.2) is 165 Å². The number of aryl methyl sites for hydroxylation is 6. The Balaban J connectivity index is 1.12. The highest BCUT2D eigenvalue weighted by atomic mass is 31.2. The van der Waals surface area contributed by atoms with Gasteiger partial charge in [0, 0.05) is 38.5 Å². The van der Waals surface area contributed by atoms with Crippen LogP contribution in [0, 0.1) is 65.2 Å². The smallest absolute Gasteiger partial charge is 0.309 e. The summed E-state index contributed by atoms with van der Waals surface area (Å²) in [6.07, 6.45) is 5.63. The fourth-order valence-corrected chi connectivity index (χ4v) is 21.0. The van der Waals surface area contributed by atoms with Crippen molar-refractivity contribution in [3.05, 3.63) is 88.0 Å². The lowest BCUT2D eigenvalue weighted by molar-refractivity contribution is -0.302. The van der Waals surface area contributed by atoms with Crippen LogP contribution in [0.4, 0.5) is 0 Å². The second kappa shape index (κ2) is 32.9. The number of aliphatic hydroxyl groups is 5. The summed E-state index contributed by atoms with van der Waals surface area (Å²) in [6.45, 7) is 31.4. The highest BCUT2D eigenvalue weighted by molar-refractivity contribution is 7.95. The largest absolute Gasteiger partial charge is 0.459 e. The van der Waals surface area contributed by atoms with Crippen LogP contribution < -0.4 is 15.9 Å². The lowest BCUT2D eigenvalue weighted by atomic mass is 9.68. The van der Waals surface area contributed by atoms with Crippen molar-refractivity contribution in [2.45, 2.75) is 298 Å². The summed E-state index contributed by atoms with van der Waals surface area (Å²) in [5.41, 5.74) is 3.21. The molecule has 1 amide bonds. The summed E-state index contributed by atoms with van der Waals surface area (Å²) < 4.78 is 32.2. The van der Waals surface area contributed by atoms with E-state index in [4.69, 9.17) is 23.7 Å². The minimum Gasteiger partial charge on any atom is -0.459 e. The average molecular weight is 1270 g/mol. The number of nitrogens with zero attached hydrogens (tertiary/aromatic N) is 2. The highest BCUT2D eigenvalue weighted by Gasteiger charge is 2.56. The number of methoxy groups -OCH3 is 1. The van der Waals surface area contributed by atoms with E-state index in [1.807, 2.05) is 46.7 Å². The van der Waals surface area contributed by atoms with Gasteiger partial charge in [0.15, 0.2) is 6.29 Å². The van der Waals surface area contributed by atoms with E-state index < -0.39 is 103 Å². The molecule has 0 radical (unpaired) electrons. The van der Waals surface area contributed by atoms with E-state index >= 15 is 0 Å². The Morgan fingerprint density at radius 1 is 0.678 bits per heavy atom. The molecule has 1 unspecified atom stereocenters. The number of benzene rings is 3. The van der Waals surface area contributed by atoms with Crippen LogP contribution in [0.3, 0.4) is 0 Å². The van der Waals surface area contributed by atoms with E-state index in [1.165, 1.54) is 102 Å². The molecular weight excluding hydrogens is 1150 g/mol. The quantitative estimate of drug-likeness (QED) is 0.0343. The van der Waals surface area contributed by atoms with Crippen LogP contribution in [0.1, 0.15) is 205 Å². The predicted octanol–water partition coefficient (Wildman–Crippen LogP) is 11.6. The maximum atomic E-state index is 14.9. The van der Waals surface area contributed by atoms with Gasteiger partial charge in [0.05, 0.1) is 53.7 Å². The fraction of sp³-hybridized carbons (Fsp3) is 0.733. The molecule has 0 bridgehead atoms. The Bertz CT molecular complexity index is 2590. The SMILES string of the molecule is CC[C@H]1OC(=O)[C@H](C)[C@@H](C2C[C@@](C)(OC)[C@@H](O)[C@H](C)O2)[C@H](C)[C@@H](O[C@@H]2O[C@H](C)C[C@H](N(C)C)[C@H]2O)[C@](C)(O)C[C@@H](C)CN(C(=O)CCCCCCCCCCCCC[P+](c2cc(C)cc(C)c2)(c2cc(C)cc(C)c2)c2cc(C)cc(C)c2)[C@H](C)[C@@H](O)[C@]1(C)O. The summed E-state index contributed by atoms with van der Waals surface area (Å²) in [4.78, 5) is 33.1. The van der Waals surface area contributed by atoms with Crippen molar-refractivity contribution in [1.29, 1.82) is 0 Å². The zero-order valence-corrected chi connectivity index (χ0v) is 59.9. The first kappa shape index (κ1) is 75.7. The molecule has 3 aromatic carbocycles. The Hall–Kier alpha value is -3.37. The number of carbonyl (C=O) groups is 2. The van der Waals surface area contributed by atoms with Crippen molar-refractivity contribution in [3.63, 3.8) is 0 Å². The molecule has 3 aliphatic rings. The third kappa shape index (κ3) is 18.5. The average Bonchev–Trinajstić information content (AvgIpc) is 0.811. The van der Waals surface area contributed by atoms with Gasteiger partial charge in [-0.3, -0.25) is 9.59 Å². The fourth-order valence-electron chi connectivity index (χ4n) is 16.1. The second-order valence-electron chi connectivity index (χ2n) is 29.6. The summed E-state index contributed by atoms with van der Waals surface area (Å²) >= 11 is 0. The molecule has 6 rings (SSSR count). The Labute approximate surface area is 544 Å². The topological polar surface area (TPSA) is 188 Å². The normalized spacial score (nSPS) is 33.6. The van der Waals surface area contributed by atoms with Gasteiger partial charge < -0.3 is 59.0 Å². The third-order valence-corrected chi connectivity index (χ3v) is 25.3. The van der Waals surface area contributed by atoms with Gasteiger partial charge in [-0.2, -0.15) is 0 Å². The molecule has 3 fully saturated rings. The molecule has 15 heteroatoms. The van der Waals surface area contributed by atoms with E-state index in [-0.39, 0.29) is 56.2 Å². The number of carbonyl (C=O) groups excluding carboxylic acids is 2. The van der Waals surface area contributed by atoms with Gasteiger partial charge in [0.2, 0.25) is 5.91 Å². The van der Waals surface area contributed by atoms with E-state index in [9.17, 15) is 35.1 Å². The maximum absolute atomic E-state index is 14.9. The molecule has 14 nitrogen and oxygen atoms in total. The van der Waals surface area contributed by atoms with Crippen LogP contribution in [0.2, 0.25) is 0 Å². The number of ether oxygens (including phenoxy) is 5. The number of aliphatic hydroxyl groups excluding tert-OH is 3. The molecule has 0 spiro atoms. The van der Waals surface area contributed by atoms with Gasteiger partial charge in [-0.1, -0.05) is 97.3 Å². The molecule has 90 heavy (non-hydrogen) atoms. The second-order valence-corrected chi connectivity index (χ2v) is 33.2. The Kier molecular flexibility index (Phi) is 27.6. The zero-order valence-electron chi connectivity index (χ0n) is 59.0. The van der Waals surface area contributed by atoms with Crippen molar-refractivity contribution < 1.29 is 58.8 Å². The maximum Gasteiger partial charge on any atom is 0.309 e. The van der Waals surface area contributed by atoms with Gasteiger partial charge >= 0.3 is 5.97 Å². The molecule has 0 aromatic heterocycles. The van der Waals surface area contributed by atoms with Crippen LogP contribution in [0.25, 0.3) is 0 Å². The molecule has 508 valence electrons. The van der Waals surface area contributed by atoms with Gasteiger partial charge in [-0.25, -0.2) is 0 Å². The van der Waals surface area contributed by atoms with E-state index in [0.717, 1.165) is 31.8 Å². The summed E-state index contributed by atoms with van der Waals surface area (Å²) in [6, 6.07) is 20.5. The summed E-state index contributed by atoms with van der Waals surface area (Å²) in [5, 5.41) is 65.6. The summed E-state index contributed by atoms with van der Waals surface area (Å²) in [5.74, 6) is -3.62. The number of hydrogen-bond acceptors (Lipinski definition) is 13. The van der Waals surface area contributed by atoms with Gasteiger partial charge in [0.25, 0.3) is 0 Å². The molecule has 3 aliphatic heterocycles. The minimum absolute atomic E-state index is 0.108. The number of unbranched alkanes of at least 4 members (excludes halogenated alkanes) is 10. The van der Waals surface area contributed by atoms with Gasteiger partial charge in [-0.05, 0) is 217 Å². The van der Waals surface area contributed by atoms with E-state index in [2.05, 4.69) is 96.1 Å². The third-order valence-electron chi connectivity index (χ3n) is 20.9. The number of esters is 1. The van der Waals surface area contributed by atoms with Crippen molar-refractivity contribution in [3.8, 4) is 0 Å². The molecule has 0 saturated carbocycles. The van der Waals surface area contributed by atoms with E-state index in [1.54, 1.807) is 39.5 Å². The monoisotopic (exact) mass is 1270 g/mol. The van der Waals surface area contributed by atoms with Crippen LogP contribution in [-0.2, 0) is 33.3 Å². The molecule has 3 saturated heterocycles. The summed E-state index contributed by atoms with van der Waals surface area (Å²) in [7, 11) is 3.36. The number of amides is 1. The predicted molar refractivity (Wildman–Crippen MR) is 366 cm³/mol. The lowest BCUT2D eigenvalue weighted by Gasteiger charge is -2.51. The van der Waals surface area contributed by atoms with Crippen LogP contribution in [0.15, 0.2) is 54.6 Å². The standard InChI is InChI=1S/C75H122N2O12P/c1-20-64-75(16,84)68(80)57(12)77(46-53(8)44-73(14,83)70(89-72-67(79)62(76(17)18)43-54(9)86-72)55(10)66(56(11)71(82)88-64)63-45-74(15,85-19)69(81)58(13)87-63)65(78)32-30-28-26-24-22-21-23-25-27-29-31-33-90(59-37-47(2)34-48(3)38-59,60-39-49(4)35-50(5)40-60)61-41-51(6)36-52(7)42-61/h34-42,53-58,62-64,66-70,72,79-81,83-84H,20-33,43-46H2,1-19H3/q+1/t53-,54-,55+,56-,57-,58+,62+,63?,64-,66+,67-,68-,69+,70-,72+,73-,74-,75-/m1/s1. The molecule has 18 atom stereocenters. The first-order valence-corrected chi connectivity index (χ1v) is 36.5. The van der Waals surface area contributed by atoms with Gasteiger partial charge in [0.1, 0.15) is 53.2 Å². The molecular formula is C75H122N2O12P+. The van der Waals surface area contributed by atoms with Crippen molar-refractivity contribution in [2.24, 2.45) is 23.7 Å². The number of cyclic esters (lactones) is 1. The van der Waals surface area contributed by atoms with Crippen LogP contribution >= 0.6 is 7.26 Å². The van der Waals surface area contributed by atoms with Gasteiger partial charge in [-0.15, -0.1) is 0 Å². The number of hydrogen-bond donors (Lipinski definition) is 5. The van der Waals surface area contributed by atoms with Crippen LogP contribution in [0.5, 0.6) is 0 Å². The first-order chi connectivity index (χ1) is 42.2. The molecule has 3 aromatic rings. The zero-order chi connectivity index (χ0) is 66.8. The Morgan fingerprint density at radius 3 is 1.60 bits per heavy atom. The molecule has 5 N–H and O–H groups in total. The molecule has 3 heterocycles. The minimum atomic E-state index is -1.98. The lowest BCUT2D eigenvalue weighted by Crippen LogP contribution is -2.61. The Morgan fingerprint density at radius 2 is 1.14 bits per heavy atom. The highest BCUT2D eigenvalue weighted by Crippen LogP contribution is 2.57. The number of likely N-dealkylation sites (N-methyl/N-ethyl adjacent to an activating group) is 1.